The summed E-state index contributed by atoms with van der Waals surface area (Å²) >= 11 is 0. The minimum Gasteiger partial charge on any atom is -0.392 e. The Labute approximate surface area is 120 Å². The molecule has 2 unspecified atom stereocenters. The molecular formula is C17H22N2O. The topological polar surface area (TPSA) is 38.0 Å². The number of hydrogen-bond donors (Lipinski definition) is 1. The van der Waals surface area contributed by atoms with Gasteiger partial charge in [-0.05, 0) is 42.9 Å². The molecule has 1 aliphatic rings. The Balaban J connectivity index is 1.76. The molecule has 1 N–H and O–H groups in total. The van der Waals surface area contributed by atoms with E-state index in [1.807, 2.05) is 17.1 Å². The van der Waals surface area contributed by atoms with Crippen LogP contribution in [0.4, 0.5) is 0 Å². The molecule has 1 aromatic carbocycles. The lowest BCUT2D eigenvalue weighted by atomic mass is 9.78. The largest absolute Gasteiger partial charge is 0.392 e. The monoisotopic (exact) mass is 270 g/mol. The summed E-state index contributed by atoms with van der Waals surface area (Å²) in [7, 11) is 0. The maximum Gasteiger partial charge on any atom is 0.0650 e. The van der Waals surface area contributed by atoms with Crippen molar-refractivity contribution in [1.82, 2.24) is 9.78 Å². The summed E-state index contributed by atoms with van der Waals surface area (Å²) in [5, 5.41) is 14.9. The zero-order valence-corrected chi connectivity index (χ0v) is 12.0. The van der Waals surface area contributed by atoms with Gasteiger partial charge in [-0.25, -0.2) is 0 Å². The van der Waals surface area contributed by atoms with Crippen molar-refractivity contribution < 1.29 is 5.11 Å². The summed E-state index contributed by atoms with van der Waals surface area (Å²) < 4.78 is 1.91. The summed E-state index contributed by atoms with van der Waals surface area (Å²) in [5.41, 5.74) is 3.88. The molecule has 106 valence electrons. The Hall–Kier alpha value is -1.61. The average molecular weight is 270 g/mol. The van der Waals surface area contributed by atoms with Crippen molar-refractivity contribution in [3.63, 3.8) is 0 Å². The lowest BCUT2D eigenvalue weighted by molar-refractivity contribution is 0.134. The van der Waals surface area contributed by atoms with Crippen LogP contribution in [0.1, 0.15) is 42.4 Å². The van der Waals surface area contributed by atoms with Crippen LogP contribution in [0, 0.1) is 0 Å². The van der Waals surface area contributed by atoms with Gasteiger partial charge in [-0.3, -0.25) is 4.68 Å². The molecule has 0 saturated heterocycles. The maximum atomic E-state index is 10.6. The van der Waals surface area contributed by atoms with E-state index in [0.717, 1.165) is 24.9 Å². The second-order valence-corrected chi connectivity index (χ2v) is 5.67. The number of hydrogen-bond acceptors (Lipinski definition) is 2. The van der Waals surface area contributed by atoms with Gasteiger partial charge in [-0.1, -0.05) is 24.3 Å². The first-order chi connectivity index (χ1) is 9.78. The number of aromatic nitrogens is 2. The maximum absolute atomic E-state index is 10.6. The van der Waals surface area contributed by atoms with Crippen LogP contribution in [0.2, 0.25) is 0 Å². The SMILES string of the molecule is CCn1cc(CC(O)C2CCCc3ccccc32)cn1. The van der Waals surface area contributed by atoms with Gasteiger partial charge >= 0.3 is 0 Å². The number of benzene rings is 1. The summed E-state index contributed by atoms with van der Waals surface area (Å²) in [6.45, 7) is 2.95. The molecule has 0 bridgehead atoms. The Morgan fingerprint density at radius 1 is 1.40 bits per heavy atom. The molecule has 0 saturated carbocycles. The van der Waals surface area contributed by atoms with E-state index in [2.05, 4.69) is 36.3 Å². The highest BCUT2D eigenvalue weighted by Gasteiger charge is 2.26. The van der Waals surface area contributed by atoms with Crippen LogP contribution in [-0.2, 0) is 19.4 Å². The zero-order valence-electron chi connectivity index (χ0n) is 12.0. The van der Waals surface area contributed by atoms with Crippen molar-refractivity contribution in [3.8, 4) is 0 Å². The van der Waals surface area contributed by atoms with Crippen molar-refractivity contribution in [2.24, 2.45) is 0 Å². The standard InChI is InChI=1S/C17H22N2O/c1-2-19-12-13(11-18-19)10-17(20)16-9-5-7-14-6-3-4-8-15(14)16/h3-4,6,8,11-12,16-17,20H,2,5,7,9-10H2,1H3. The molecule has 2 aromatic rings. The second-order valence-electron chi connectivity index (χ2n) is 5.67. The quantitative estimate of drug-likeness (QED) is 0.927. The molecule has 0 aliphatic heterocycles. The molecule has 2 atom stereocenters. The third kappa shape index (κ3) is 2.63. The van der Waals surface area contributed by atoms with Gasteiger partial charge in [-0.15, -0.1) is 0 Å². The van der Waals surface area contributed by atoms with Crippen LogP contribution >= 0.6 is 0 Å². The average Bonchev–Trinajstić information content (AvgIpc) is 2.94. The number of aryl methyl sites for hydroxylation is 2. The summed E-state index contributed by atoms with van der Waals surface area (Å²) in [5.74, 6) is 0.268. The highest BCUT2D eigenvalue weighted by Crippen LogP contribution is 2.34. The van der Waals surface area contributed by atoms with Gasteiger partial charge in [0.25, 0.3) is 0 Å². The van der Waals surface area contributed by atoms with E-state index < -0.39 is 0 Å². The summed E-state index contributed by atoms with van der Waals surface area (Å²) in [6.07, 6.45) is 7.70. The third-order valence-electron chi connectivity index (χ3n) is 4.34. The molecule has 1 heterocycles. The fourth-order valence-corrected chi connectivity index (χ4v) is 3.26. The van der Waals surface area contributed by atoms with E-state index in [4.69, 9.17) is 0 Å². The third-order valence-corrected chi connectivity index (χ3v) is 4.34. The van der Waals surface area contributed by atoms with Crippen LogP contribution in [0.3, 0.4) is 0 Å². The van der Waals surface area contributed by atoms with Crippen molar-refractivity contribution in [1.29, 1.82) is 0 Å². The Morgan fingerprint density at radius 2 is 2.25 bits per heavy atom. The van der Waals surface area contributed by atoms with E-state index >= 15 is 0 Å². The lowest BCUT2D eigenvalue weighted by Crippen LogP contribution is -2.24. The van der Waals surface area contributed by atoms with E-state index in [9.17, 15) is 5.11 Å². The van der Waals surface area contributed by atoms with Crippen molar-refractivity contribution in [3.05, 3.63) is 53.3 Å². The molecule has 0 fully saturated rings. The van der Waals surface area contributed by atoms with Gasteiger partial charge < -0.3 is 5.11 Å². The smallest absolute Gasteiger partial charge is 0.0650 e. The molecule has 3 nitrogen and oxygen atoms in total. The number of aliphatic hydroxyl groups excluding tert-OH is 1. The fourth-order valence-electron chi connectivity index (χ4n) is 3.26. The summed E-state index contributed by atoms with van der Waals surface area (Å²) in [6, 6.07) is 8.55. The minimum atomic E-state index is -0.314. The molecule has 20 heavy (non-hydrogen) atoms. The highest BCUT2D eigenvalue weighted by molar-refractivity contribution is 5.33. The molecule has 0 radical (unpaired) electrons. The Morgan fingerprint density at radius 3 is 3.05 bits per heavy atom. The molecule has 1 aromatic heterocycles. The second kappa shape index (κ2) is 5.80. The van der Waals surface area contributed by atoms with Crippen molar-refractivity contribution in [2.75, 3.05) is 0 Å². The molecule has 1 aliphatic carbocycles. The van der Waals surface area contributed by atoms with Gasteiger partial charge in [0.15, 0.2) is 0 Å². The predicted octanol–water partition coefficient (Wildman–Crippen LogP) is 2.93. The summed E-state index contributed by atoms with van der Waals surface area (Å²) in [4.78, 5) is 0. The first-order valence-corrected chi connectivity index (χ1v) is 7.55. The van der Waals surface area contributed by atoms with Crippen LogP contribution in [0.15, 0.2) is 36.7 Å². The van der Waals surface area contributed by atoms with E-state index in [0.29, 0.717) is 6.42 Å². The normalized spacial score (nSPS) is 19.6. The molecular weight excluding hydrogens is 248 g/mol. The van der Waals surface area contributed by atoms with Crippen LogP contribution in [-0.4, -0.2) is 21.0 Å². The Kier molecular flexibility index (Phi) is 3.88. The highest BCUT2D eigenvalue weighted by atomic mass is 16.3. The molecule has 3 rings (SSSR count). The Bertz CT molecular complexity index is 576. The zero-order chi connectivity index (χ0) is 13.9. The van der Waals surface area contributed by atoms with Crippen LogP contribution < -0.4 is 0 Å². The predicted molar refractivity (Wildman–Crippen MR) is 79.7 cm³/mol. The van der Waals surface area contributed by atoms with Crippen molar-refractivity contribution >= 4 is 0 Å². The number of nitrogens with zero attached hydrogens (tertiary/aromatic N) is 2. The lowest BCUT2D eigenvalue weighted by Gasteiger charge is -2.29. The first kappa shape index (κ1) is 13.4. The fraction of sp³-hybridized carbons (Fsp3) is 0.471. The van der Waals surface area contributed by atoms with Gasteiger partial charge in [0.05, 0.1) is 12.3 Å². The van der Waals surface area contributed by atoms with Gasteiger partial charge in [0.2, 0.25) is 0 Å². The van der Waals surface area contributed by atoms with E-state index in [-0.39, 0.29) is 12.0 Å². The first-order valence-electron chi connectivity index (χ1n) is 7.55. The van der Waals surface area contributed by atoms with Crippen LogP contribution in [0.25, 0.3) is 0 Å². The molecule has 0 amide bonds. The minimum absolute atomic E-state index is 0.268. The van der Waals surface area contributed by atoms with E-state index in [1.165, 1.54) is 17.5 Å². The number of fused-ring (bicyclic) bond motifs is 1. The number of rotatable bonds is 4. The molecule has 0 spiro atoms. The van der Waals surface area contributed by atoms with E-state index in [1.54, 1.807) is 0 Å². The van der Waals surface area contributed by atoms with Crippen LogP contribution in [0.5, 0.6) is 0 Å². The van der Waals surface area contributed by atoms with Crippen molar-refractivity contribution in [2.45, 2.75) is 51.2 Å². The van der Waals surface area contributed by atoms with Gasteiger partial charge in [-0.2, -0.15) is 5.10 Å². The number of aliphatic hydroxyl groups is 1. The van der Waals surface area contributed by atoms with Gasteiger partial charge in [0, 0.05) is 25.1 Å². The van der Waals surface area contributed by atoms with Gasteiger partial charge in [0.1, 0.15) is 0 Å². The molecule has 3 heteroatoms.